The lowest BCUT2D eigenvalue weighted by atomic mass is 9.69. The standard InChI is InChI=1S/C22H38O/c1-3-5-7-8-19-9-13-21(14-10-19)22-15-11-20(12-16-22)18-23-17-6-4-2/h3-4,6,19-22H,1,5,7-18H2,2H3/b6-4-. The van der Waals surface area contributed by atoms with Crippen LogP contribution in [-0.2, 0) is 4.74 Å². The maximum atomic E-state index is 5.76. The molecule has 2 rings (SSSR count). The second-order valence-corrected chi connectivity index (χ2v) is 7.89. The Morgan fingerprint density at radius 1 is 0.913 bits per heavy atom. The van der Waals surface area contributed by atoms with E-state index in [-0.39, 0.29) is 0 Å². The number of rotatable bonds is 9. The second-order valence-electron chi connectivity index (χ2n) is 7.89. The molecule has 0 radical (unpaired) electrons. The van der Waals surface area contributed by atoms with Crippen LogP contribution in [-0.4, -0.2) is 13.2 Å². The molecule has 2 saturated carbocycles. The highest BCUT2D eigenvalue weighted by Crippen LogP contribution is 2.42. The molecule has 0 saturated heterocycles. The van der Waals surface area contributed by atoms with Crippen molar-refractivity contribution in [3.63, 3.8) is 0 Å². The quantitative estimate of drug-likeness (QED) is 0.346. The second kappa shape index (κ2) is 11.1. The summed E-state index contributed by atoms with van der Waals surface area (Å²) in [6.07, 6.45) is 22.0. The first kappa shape index (κ1) is 18.8. The van der Waals surface area contributed by atoms with E-state index in [9.17, 15) is 0 Å². The summed E-state index contributed by atoms with van der Waals surface area (Å²) >= 11 is 0. The lowest BCUT2D eigenvalue weighted by Crippen LogP contribution is -2.27. The van der Waals surface area contributed by atoms with Crippen LogP contribution in [0.25, 0.3) is 0 Å². The Kier molecular flexibility index (Phi) is 9.04. The fourth-order valence-electron chi connectivity index (χ4n) is 4.72. The van der Waals surface area contributed by atoms with E-state index >= 15 is 0 Å². The average Bonchev–Trinajstić information content (AvgIpc) is 2.60. The fraction of sp³-hybridized carbons (Fsp3) is 0.818. The molecule has 0 aromatic heterocycles. The van der Waals surface area contributed by atoms with Crippen molar-refractivity contribution in [2.75, 3.05) is 13.2 Å². The first-order valence-corrected chi connectivity index (χ1v) is 10.1. The number of allylic oxidation sites excluding steroid dienone is 2. The third kappa shape index (κ3) is 6.83. The monoisotopic (exact) mass is 318 g/mol. The zero-order valence-corrected chi connectivity index (χ0v) is 15.3. The highest BCUT2D eigenvalue weighted by Gasteiger charge is 2.30. The van der Waals surface area contributed by atoms with Crippen LogP contribution in [0.1, 0.15) is 77.6 Å². The summed E-state index contributed by atoms with van der Waals surface area (Å²) < 4.78 is 5.76. The van der Waals surface area contributed by atoms with Gasteiger partial charge < -0.3 is 4.74 Å². The Bertz CT molecular complexity index is 330. The molecule has 0 aliphatic heterocycles. The predicted molar refractivity (Wildman–Crippen MR) is 101 cm³/mol. The lowest BCUT2D eigenvalue weighted by molar-refractivity contribution is 0.0779. The van der Waals surface area contributed by atoms with Crippen LogP contribution in [0.5, 0.6) is 0 Å². The highest BCUT2D eigenvalue weighted by atomic mass is 16.5. The minimum atomic E-state index is 0.798. The molecule has 23 heavy (non-hydrogen) atoms. The summed E-state index contributed by atoms with van der Waals surface area (Å²) in [4.78, 5) is 0. The summed E-state index contributed by atoms with van der Waals surface area (Å²) in [5.74, 6) is 3.90. The van der Waals surface area contributed by atoms with Gasteiger partial charge in [0.1, 0.15) is 0 Å². The van der Waals surface area contributed by atoms with Crippen LogP contribution < -0.4 is 0 Å². The number of unbranched alkanes of at least 4 members (excludes halogenated alkanes) is 1. The van der Waals surface area contributed by atoms with E-state index in [1.807, 2.05) is 0 Å². The molecule has 0 unspecified atom stereocenters. The molecule has 0 atom stereocenters. The molecular formula is C22H38O. The van der Waals surface area contributed by atoms with E-state index in [0.29, 0.717) is 0 Å². The zero-order chi connectivity index (χ0) is 16.3. The van der Waals surface area contributed by atoms with Crippen molar-refractivity contribution in [2.45, 2.75) is 77.6 Å². The van der Waals surface area contributed by atoms with Crippen molar-refractivity contribution in [3.05, 3.63) is 24.8 Å². The number of hydrogen-bond acceptors (Lipinski definition) is 1. The smallest absolute Gasteiger partial charge is 0.0647 e. The first-order valence-electron chi connectivity index (χ1n) is 10.1. The van der Waals surface area contributed by atoms with Gasteiger partial charge in [-0.2, -0.15) is 0 Å². The van der Waals surface area contributed by atoms with Crippen molar-refractivity contribution in [3.8, 4) is 0 Å². The van der Waals surface area contributed by atoms with E-state index in [1.165, 1.54) is 70.6 Å². The van der Waals surface area contributed by atoms with Crippen LogP contribution in [0.4, 0.5) is 0 Å². The van der Waals surface area contributed by atoms with Gasteiger partial charge in [-0.05, 0) is 82.0 Å². The van der Waals surface area contributed by atoms with Gasteiger partial charge in [0.15, 0.2) is 0 Å². The largest absolute Gasteiger partial charge is 0.377 e. The molecule has 2 aliphatic carbocycles. The zero-order valence-electron chi connectivity index (χ0n) is 15.3. The third-order valence-electron chi connectivity index (χ3n) is 6.27. The van der Waals surface area contributed by atoms with Gasteiger partial charge in [-0.15, -0.1) is 6.58 Å². The van der Waals surface area contributed by atoms with E-state index < -0.39 is 0 Å². The maximum absolute atomic E-state index is 5.76. The van der Waals surface area contributed by atoms with Gasteiger partial charge in [0.05, 0.1) is 6.61 Å². The van der Waals surface area contributed by atoms with Crippen molar-refractivity contribution < 1.29 is 4.74 Å². The molecule has 0 aromatic rings. The van der Waals surface area contributed by atoms with E-state index in [2.05, 4.69) is 31.7 Å². The molecule has 0 heterocycles. The van der Waals surface area contributed by atoms with Crippen LogP contribution in [0, 0.1) is 23.7 Å². The Hall–Kier alpha value is -0.560. The van der Waals surface area contributed by atoms with E-state index in [1.54, 1.807) is 0 Å². The maximum Gasteiger partial charge on any atom is 0.0647 e. The molecule has 132 valence electrons. The normalized spacial score (nSPS) is 32.2. The SMILES string of the molecule is C=CCCCC1CCC(C2CCC(COC/C=C\C)CC2)CC1. The van der Waals surface area contributed by atoms with Crippen molar-refractivity contribution in [1.82, 2.24) is 0 Å². The third-order valence-corrected chi connectivity index (χ3v) is 6.27. The summed E-state index contributed by atoms with van der Waals surface area (Å²) in [7, 11) is 0. The van der Waals surface area contributed by atoms with Gasteiger partial charge in [0.2, 0.25) is 0 Å². The summed E-state index contributed by atoms with van der Waals surface area (Å²) in [5, 5.41) is 0. The fourth-order valence-corrected chi connectivity index (χ4v) is 4.72. The number of hydrogen-bond donors (Lipinski definition) is 0. The molecule has 0 amide bonds. The Balaban J connectivity index is 1.58. The minimum absolute atomic E-state index is 0.798. The molecule has 2 fully saturated rings. The van der Waals surface area contributed by atoms with Gasteiger partial charge >= 0.3 is 0 Å². The minimum Gasteiger partial charge on any atom is -0.377 e. The Morgan fingerprint density at radius 2 is 1.52 bits per heavy atom. The summed E-state index contributed by atoms with van der Waals surface area (Å²) in [6.45, 7) is 7.67. The Labute approximate surface area is 144 Å². The highest BCUT2D eigenvalue weighted by molar-refractivity contribution is 4.83. The molecule has 0 bridgehead atoms. The molecule has 1 heteroatoms. The van der Waals surface area contributed by atoms with E-state index in [4.69, 9.17) is 4.74 Å². The molecule has 0 N–H and O–H groups in total. The molecule has 0 aromatic carbocycles. The van der Waals surface area contributed by atoms with Gasteiger partial charge in [0, 0.05) is 6.61 Å². The van der Waals surface area contributed by atoms with Crippen LogP contribution in [0.2, 0.25) is 0 Å². The molecular weight excluding hydrogens is 280 g/mol. The average molecular weight is 319 g/mol. The molecule has 2 aliphatic rings. The van der Waals surface area contributed by atoms with Crippen molar-refractivity contribution in [2.24, 2.45) is 23.7 Å². The first-order chi connectivity index (χ1) is 11.3. The van der Waals surface area contributed by atoms with Crippen LogP contribution >= 0.6 is 0 Å². The number of ether oxygens (including phenoxy) is 1. The van der Waals surface area contributed by atoms with Gasteiger partial charge in [-0.1, -0.05) is 37.5 Å². The summed E-state index contributed by atoms with van der Waals surface area (Å²) in [5.41, 5.74) is 0. The Morgan fingerprint density at radius 3 is 2.09 bits per heavy atom. The molecule has 1 nitrogen and oxygen atoms in total. The summed E-state index contributed by atoms with van der Waals surface area (Å²) in [6, 6.07) is 0. The van der Waals surface area contributed by atoms with Crippen molar-refractivity contribution >= 4 is 0 Å². The van der Waals surface area contributed by atoms with Gasteiger partial charge in [-0.3, -0.25) is 0 Å². The lowest BCUT2D eigenvalue weighted by Gasteiger charge is -2.38. The van der Waals surface area contributed by atoms with E-state index in [0.717, 1.165) is 36.9 Å². The predicted octanol–water partition coefficient (Wildman–Crippen LogP) is 6.55. The van der Waals surface area contributed by atoms with Crippen LogP contribution in [0.15, 0.2) is 24.8 Å². The van der Waals surface area contributed by atoms with Gasteiger partial charge in [-0.25, -0.2) is 0 Å². The topological polar surface area (TPSA) is 9.23 Å². The van der Waals surface area contributed by atoms with Crippen LogP contribution in [0.3, 0.4) is 0 Å². The van der Waals surface area contributed by atoms with Gasteiger partial charge in [0.25, 0.3) is 0 Å². The molecule has 0 spiro atoms. The van der Waals surface area contributed by atoms with Crippen molar-refractivity contribution in [1.29, 1.82) is 0 Å².